The number of fused-ring (bicyclic) bond motifs is 3. The van der Waals surface area contributed by atoms with E-state index in [-0.39, 0.29) is 0 Å². The molecule has 4 heterocycles. The maximum atomic E-state index is 5.37. The van der Waals surface area contributed by atoms with Gasteiger partial charge in [-0.05, 0) is 73.3 Å². The number of rotatable bonds is 5. The van der Waals surface area contributed by atoms with Crippen LogP contribution in [0.1, 0.15) is 0 Å². The molecule has 0 saturated carbocycles. The lowest BCUT2D eigenvalue weighted by Gasteiger charge is -2.16. The highest BCUT2D eigenvalue weighted by Crippen LogP contribution is 2.42. The molecule has 0 aliphatic heterocycles. The Kier molecular flexibility index (Phi) is 6.82. The second-order valence-corrected chi connectivity index (χ2v) is 13.9. The minimum Gasteiger partial charge on any atom is -0.264 e. The summed E-state index contributed by atoms with van der Waals surface area (Å²) >= 11 is 0. The molecule has 4 heteroatoms. The molecule has 0 atom stereocenters. The van der Waals surface area contributed by atoms with Gasteiger partial charge in [-0.2, -0.15) is 0 Å². The summed E-state index contributed by atoms with van der Waals surface area (Å²) in [4.78, 5) is 19.7. The largest absolute Gasteiger partial charge is 0.264 e. The van der Waals surface area contributed by atoms with Crippen LogP contribution in [0.3, 0.4) is 0 Å². The van der Waals surface area contributed by atoms with Crippen LogP contribution in [0.15, 0.2) is 182 Å². The van der Waals surface area contributed by atoms with Gasteiger partial charge in [-0.3, -0.25) is 9.97 Å². The molecule has 0 spiro atoms. The van der Waals surface area contributed by atoms with E-state index >= 15 is 0 Å². The normalized spacial score (nSPS) is 11.7. The van der Waals surface area contributed by atoms with Crippen molar-refractivity contribution in [2.24, 2.45) is 0 Å². The zero-order valence-electron chi connectivity index (χ0n) is 29.1. The minimum atomic E-state index is 0.900. The zero-order chi connectivity index (χ0) is 35.6. The quantitative estimate of drug-likeness (QED) is 0.169. The molecule has 0 bridgehead atoms. The fourth-order valence-corrected chi connectivity index (χ4v) is 8.05. The fourth-order valence-electron chi connectivity index (χ4n) is 8.05. The summed E-state index contributed by atoms with van der Waals surface area (Å²) in [6.07, 6.45) is 5.69. The first-order valence-corrected chi connectivity index (χ1v) is 18.2. The third-order valence-corrected chi connectivity index (χ3v) is 10.8. The molecule has 4 aromatic heterocycles. The van der Waals surface area contributed by atoms with E-state index in [1.54, 1.807) is 6.20 Å². The molecule has 0 unspecified atom stereocenters. The standard InChI is InChI=1S/C50H30N4/c1-2-5-32(6-3-1)44-25-20-39(30-52-44)40-21-14-34-17-24-43-41(22-15-35-16-23-42(40)47(34)48(35)43)46-27-19-37-13-12-36-18-26-45(53-49(36)50(37)54-46)33-10-8-31(9-11-33)38-7-4-28-51-29-38/h1-30H. The van der Waals surface area contributed by atoms with Gasteiger partial charge in [0.25, 0.3) is 0 Å². The molecule has 0 aliphatic rings. The van der Waals surface area contributed by atoms with E-state index < -0.39 is 0 Å². The van der Waals surface area contributed by atoms with Gasteiger partial charge < -0.3 is 0 Å². The van der Waals surface area contributed by atoms with Crippen LogP contribution in [0.4, 0.5) is 0 Å². The van der Waals surface area contributed by atoms with Gasteiger partial charge in [0.05, 0.1) is 28.1 Å². The number of nitrogens with zero attached hydrogens (tertiary/aromatic N) is 4. The highest BCUT2D eigenvalue weighted by Gasteiger charge is 2.17. The Hall–Kier alpha value is -7.30. The predicted molar refractivity (Wildman–Crippen MR) is 224 cm³/mol. The molecule has 250 valence electrons. The second kappa shape index (κ2) is 12.1. The molecule has 0 fully saturated rings. The molecule has 0 radical (unpaired) electrons. The molecule has 0 aliphatic carbocycles. The van der Waals surface area contributed by atoms with Gasteiger partial charge in [-0.1, -0.05) is 140 Å². The number of hydrogen-bond acceptors (Lipinski definition) is 4. The average Bonchev–Trinajstić information content (AvgIpc) is 3.26. The van der Waals surface area contributed by atoms with Gasteiger partial charge in [0.1, 0.15) is 0 Å². The summed E-state index contributed by atoms with van der Waals surface area (Å²) in [7, 11) is 0. The van der Waals surface area contributed by atoms with Crippen LogP contribution in [0.25, 0.3) is 110 Å². The summed E-state index contributed by atoms with van der Waals surface area (Å²) < 4.78 is 0. The number of hydrogen-bond donors (Lipinski definition) is 0. The van der Waals surface area contributed by atoms with Crippen LogP contribution < -0.4 is 0 Å². The first kappa shape index (κ1) is 30.3. The van der Waals surface area contributed by atoms with E-state index in [1.165, 1.54) is 37.9 Å². The molecular weight excluding hydrogens is 657 g/mol. The van der Waals surface area contributed by atoms with Crippen molar-refractivity contribution in [3.8, 4) is 56.0 Å². The molecule has 0 saturated heterocycles. The summed E-state index contributed by atoms with van der Waals surface area (Å²) in [5.41, 5.74) is 12.4. The second-order valence-electron chi connectivity index (χ2n) is 13.9. The molecular formula is C50H30N4. The van der Waals surface area contributed by atoms with Crippen molar-refractivity contribution in [3.05, 3.63) is 182 Å². The van der Waals surface area contributed by atoms with Crippen LogP contribution in [-0.2, 0) is 0 Å². The summed E-state index contributed by atoms with van der Waals surface area (Å²) in [6.45, 7) is 0. The van der Waals surface area contributed by atoms with Crippen molar-refractivity contribution >= 4 is 54.1 Å². The smallest absolute Gasteiger partial charge is 0.0972 e. The average molecular weight is 687 g/mol. The molecule has 11 rings (SSSR count). The topological polar surface area (TPSA) is 51.6 Å². The highest BCUT2D eigenvalue weighted by atomic mass is 14.8. The maximum Gasteiger partial charge on any atom is 0.0972 e. The third-order valence-electron chi connectivity index (χ3n) is 10.8. The van der Waals surface area contributed by atoms with Gasteiger partial charge in [-0.15, -0.1) is 0 Å². The maximum absolute atomic E-state index is 5.37. The van der Waals surface area contributed by atoms with Crippen molar-refractivity contribution in [3.63, 3.8) is 0 Å². The van der Waals surface area contributed by atoms with Gasteiger partial charge in [-0.25, -0.2) is 9.97 Å². The predicted octanol–water partition coefficient (Wildman–Crippen LogP) is 12.8. The summed E-state index contributed by atoms with van der Waals surface area (Å²) in [6, 6.07) is 58.0. The molecule has 11 aromatic rings. The Balaban J connectivity index is 1.03. The first-order chi connectivity index (χ1) is 26.7. The molecule has 0 N–H and O–H groups in total. The Morgan fingerprint density at radius 1 is 0.315 bits per heavy atom. The number of aromatic nitrogens is 4. The van der Waals surface area contributed by atoms with E-state index in [4.69, 9.17) is 15.0 Å². The van der Waals surface area contributed by atoms with Crippen LogP contribution >= 0.6 is 0 Å². The molecule has 4 nitrogen and oxygen atoms in total. The Labute approximate surface area is 311 Å². The van der Waals surface area contributed by atoms with E-state index in [0.29, 0.717) is 0 Å². The van der Waals surface area contributed by atoms with E-state index in [2.05, 4.69) is 145 Å². The monoisotopic (exact) mass is 686 g/mol. The SMILES string of the molecule is c1ccc(-c2ccc(-c3ccc4ccc5c(-c6ccc7ccc8ccc(-c9ccc(-c%10cccnc%10)cc9)nc8c7n6)ccc6ccc3c4c65)cn2)cc1. The van der Waals surface area contributed by atoms with Gasteiger partial charge in [0, 0.05) is 51.6 Å². The third kappa shape index (κ3) is 4.92. The van der Waals surface area contributed by atoms with E-state index in [9.17, 15) is 0 Å². The van der Waals surface area contributed by atoms with E-state index in [1.807, 2.05) is 36.7 Å². The van der Waals surface area contributed by atoms with Crippen LogP contribution in [0, 0.1) is 0 Å². The lowest BCUT2D eigenvalue weighted by atomic mass is 9.88. The lowest BCUT2D eigenvalue weighted by Crippen LogP contribution is -1.93. The number of benzene rings is 7. The van der Waals surface area contributed by atoms with Gasteiger partial charge in [0.2, 0.25) is 0 Å². The van der Waals surface area contributed by atoms with Crippen molar-refractivity contribution in [1.29, 1.82) is 0 Å². The zero-order valence-corrected chi connectivity index (χ0v) is 29.1. The first-order valence-electron chi connectivity index (χ1n) is 18.2. The highest BCUT2D eigenvalue weighted by molar-refractivity contribution is 6.27. The number of pyridine rings is 4. The van der Waals surface area contributed by atoms with Crippen molar-refractivity contribution in [2.75, 3.05) is 0 Å². The van der Waals surface area contributed by atoms with Crippen LogP contribution in [0.5, 0.6) is 0 Å². The molecule has 0 amide bonds. The van der Waals surface area contributed by atoms with Gasteiger partial charge in [0.15, 0.2) is 0 Å². The van der Waals surface area contributed by atoms with Crippen molar-refractivity contribution < 1.29 is 0 Å². The fraction of sp³-hybridized carbons (Fsp3) is 0. The van der Waals surface area contributed by atoms with Crippen LogP contribution in [0.2, 0.25) is 0 Å². The van der Waals surface area contributed by atoms with Crippen molar-refractivity contribution in [1.82, 2.24) is 19.9 Å². The van der Waals surface area contributed by atoms with Gasteiger partial charge >= 0.3 is 0 Å². The Morgan fingerprint density at radius 3 is 1.54 bits per heavy atom. The molecule has 54 heavy (non-hydrogen) atoms. The van der Waals surface area contributed by atoms with E-state index in [0.717, 1.165) is 72.3 Å². The lowest BCUT2D eigenvalue weighted by molar-refractivity contribution is 1.33. The summed E-state index contributed by atoms with van der Waals surface area (Å²) in [5.74, 6) is 0. The Bertz CT molecular complexity index is 3170. The Morgan fingerprint density at radius 2 is 0.852 bits per heavy atom. The molecule has 7 aromatic carbocycles. The minimum absolute atomic E-state index is 0.900. The van der Waals surface area contributed by atoms with Crippen molar-refractivity contribution in [2.45, 2.75) is 0 Å². The summed E-state index contributed by atoms with van der Waals surface area (Å²) in [5, 5.41) is 9.51. The van der Waals surface area contributed by atoms with Crippen LogP contribution in [-0.4, -0.2) is 19.9 Å².